The number of hydrogen-bond donors (Lipinski definition) is 1. The van der Waals surface area contributed by atoms with Gasteiger partial charge in [0.05, 0.1) is 6.61 Å². The lowest BCUT2D eigenvalue weighted by Gasteiger charge is -2.05. The van der Waals surface area contributed by atoms with Gasteiger partial charge in [-0.05, 0) is 30.7 Å². The van der Waals surface area contributed by atoms with Crippen LogP contribution in [-0.2, 0) is 9.59 Å². The number of aldehydes is 1. The van der Waals surface area contributed by atoms with Crippen molar-refractivity contribution in [3.05, 3.63) is 23.8 Å². The summed E-state index contributed by atoms with van der Waals surface area (Å²) in [7, 11) is 0. The predicted molar refractivity (Wildman–Crippen MR) is 55.0 cm³/mol. The number of hydrogen-bond acceptors (Lipinski definition) is 3. The van der Waals surface area contributed by atoms with Gasteiger partial charge < -0.3 is 14.8 Å². The van der Waals surface area contributed by atoms with Crippen LogP contribution in [0, 0.1) is 0 Å². The van der Waals surface area contributed by atoms with Crippen molar-refractivity contribution in [1.29, 1.82) is 0 Å². The molecule has 2 rings (SSSR count). The smallest absolute Gasteiger partial charge is 0.239 e. The van der Waals surface area contributed by atoms with Gasteiger partial charge in [-0.15, -0.1) is 0 Å². The van der Waals surface area contributed by atoms with Gasteiger partial charge in [0.1, 0.15) is 18.0 Å². The number of rotatable bonds is 3. The van der Waals surface area contributed by atoms with Crippen molar-refractivity contribution in [2.75, 3.05) is 11.9 Å². The Kier molecular flexibility index (Phi) is 2.41. The van der Waals surface area contributed by atoms with Crippen LogP contribution in [0.3, 0.4) is 0 Å². The van der Waals surface area contributed by atoms with Crippen molar-refractivity contribution >= 4 is 17.9 Å². The van der Waals surface area contributed by atoms with E-state index in [1.807, 2.05) is 6.92 Å². The first-order valence-electron chi connectivity index (χ1n) is 4.79. The van der Waals surface area contributed by atoms with Gasteiger partial charge in [0.25, 0.3) is 0 Å². The topological polar surface area (TPSA) is 55.4 Å². The number of nitrogens with one attached hydrogen (secondary N) is 1. The van der Waals surface area contributed by atoms with Crippen LogP contribution >= 0.6 is 0 Å². The molecule has 1 heterocycles. The van der Waals surface area contributed by atoms with Gasteiger partial charge in [-0.2, -0.15) is 0 Å². The molecule has 1 aliphatic heterocycles. The summed E-state index contributed by atoms with van der Waals surface area (Å²) in [6.07, 6.45) is 0.650. The third kappa shape index (κ3) is 1.58. The number of anilines is 1. The first kappa shape index (κ1) is 9.71. The summed E-state index contributed by atoms with van der Waals surface area (Å²) >= 11 is 0. The fraction of sp³-hybridized carbons (Fsp3) is 0.273. The Morgan fingerprint density at radius 1 is 1.53 bits per heavy atom. The minimum Gasteiger partial charge on any atom is -0.494 e. The monoisotopic (exact) mass is 205 g/mol. The SMILES string of the molecule is CCOc1ccc2c(c1)C(C=O)C(=O)N2. The van der Waals surface area contributed by atoms with Crippen LogP contribution in [0.25, 0.3) is 0 Å². The van der Waals surface area contributed by atoms with E-state index in [4.69, 9.17) is 4.74 Å². The molecule has 1 atom stereocenters. The maximum absolute atomic E-state index is 11.3. The lowest BCUT2D eigenvalue weighted by atomic mass is 10.0. The van der Waals surface area contributed by atoms with Crippen LogP contribution < -0.4 is 10.1 Å². The number of fused-ring (bicyclic) bond motifs is 1. The second-order valence-electron chi connectivity index (χ2n) is 3.29. The zero-order valence-corrected chi connectivity index (χ0v) is 8.32. The molecule has 0 fully saturated rings. The molecule has 0 aromatic heterocycles. The zero-order chi connectivity index (χ0) is 10.8. The Labute approximate surface area is 87.2 Å². The van der Waals surface area contributed by atoms with Gasteiger partial charge in [0.2, 0.25) is 5.91 Å². The lowest BCUT2D eigenvalue weighted by molar-refractivity contribution is -0.121. The van der Waals surface area contributed by atoms with Crippen LogP contribution in [-0.4, -0.2) is 18.8 Å². The largest absolute Gasteiger partial charge is 0.494 e. The Morgan fingerprint density at radius 2 is 2.33 bits per heavy atom. The maximum atomic E-state index is 11.3. The van der Waals surface area contributed by atoms with E-state index in [1.54, 1.807) is 18.2 Å². The second kappa shape index (κ2) is 3.73. The van der Waals surface area contributed by atoms with Crippen molar-refractivity contribution < 1.29 is 14.3 Å². The molecule has 0 spiro atoms. The summed E-state index contributed by atoms with van der Waals surface area (Å²) in [6, 6.07) is 5.26. The number of carbonyl (C=O) groups is 2. The molecule has 1 aromatic rings. The number of ether oxygens (including phenoxy) is 1. The molecule has 78 valence electrons. The van der Waals surface area contributed by atoms with E-state index in [1.165, 1.54) is 0 Å². The molecule has 4 nitrogen and oxygen atoms in total. The van der Waals surface area contributed by atoms with Gasteiger partial charge in [-0.25, -0.2) is 0 Å². The molecule has 0 saturated carbocycles. The number of carbonyl (C=O) groups excluding carboxylic acids is 2. The molecule has 1 N–H and O–H groups in total. The van der Waals surface area contributed by atoms with Crippen molar-refractivity contribution in [3.8, 4) is 5.75 Å². The highest BCUT2D eigenvalue weighted by Crippen LogP contribution is 2.33. The van der Waals surface area contributed by atoms with Crippen LogP contribution in [0.4, 0.5) is 5.69 Å². The molecular formula is C11H11NO3. The molecule has 0 radical (unpaired) electrons. The molecule has 15 heavy (non-hydrogen) atoms. The fourth-order valence-corrected chi connectivity index (χ4v) is 1.66. The third-order valence-electron chi connectivity index (χ3n) is 2.35. The van der Waals surface area contributed by atoms with E-state index in [-0.39, 0.29) is 5.91 Å². The van der Waals surface area contributed by atoms with Crippen LogP contribution in [0.1, 0.15) is 18.4 Å². The van der Waals surface area contributed by atoms with Gasteiger partial charge in [0.15, 0.2) is 0 Å². The summed E-state index contributed by atoms with van der Waals surface area (Å²) in [4.78, 5) is 22.1. The molecule has 1 aromatic carbocycles. The molecule has 1 aliphatic rings. The van der Waals surface area contributed by atoms with E-state index in [0.717, 1.165) is 0 Å². The van der Waals surface area contributed by atoms with E-state index in [0.29, 0.717) is 29.9 Å². The molecule has 0 bridgehead atoms. The second-order valence-corrected chi connectivity index (χ2v) is 3.29. The van der Waals surface area contributed by atoms with E-state index in [9.17, 15) is 9.59 Å². The zero-order valence-electron chi connectivity index (χ0n) is 8.32. The number of benzene rings is 1. The van der Waals surface area contributed by atoms with E-state index >= 15 is 0 Å². The summed E-state index contributed by atoms with van der Waals surface area (Å²) in [5.41, 5.74) is 1.39. The number of amides is 1. The van der Waals surface area contributed by atoms with Crippen molar-refractivity contribution in [2.24, 2.45) is 0 Å². The van der Waals surface area contributed by atoms with Gasteiger partial charge >= 0.3 is 0 Å². The Morgan fingerprint density at radius 3 is 3.00 bits per heavy atom. The van der Waals surface area contributed by atoms with E-state index in [2.05, 4.69) is 5.32 Å². The van der Waals surface area contributed by atoms with Gasteiger partial charge in [0, 0.05) is 5.69 Å². The Bertz CT molecular complexity index is 414. The van der Waals surface area contributed by atoms with E-state index < -0.39 is 5.92 Å². The van der Waals surface area contributed by atoms with Crippen molar-refractivity contribution in [3.63, 3.8) is 0 Å². The standard InChI is InChI=1S/C11H11NO3/c1-2-15-7-3-4-10-8(5-7)9(6-13)11(14)12-10/h3-6,9H,2H2,1H3,(H,12,14). The average molecular weight is 205 g/mol. The third-order valence-corrected chi connectivity index (χ3v) is 2.35. The van der Waals surface area contributed by atoms with Gasteiger partial charge in [-0.3, -0.25) is 4.79 Å². The fourth-order valence-electron chi connectivity index (χ4n) is 1.66. The first-order valence-corrected chi connectivity index (χ1v) is 4.79. The first-order chi connectivity index (χ1) is 7.26. The normalized spacial score (nSPS) is 18.2. The molecule has 1 amide bonds. The molecule has 0 saturated heterocycles. The minimum atomic E-state index is -0.694. The molecule has 1 unspecified atom stereocenters. The average Bonchev–Trinajstić information content (AvgIpc) is 2.53. The summed E-state index contributed by atoms with van der Waals surface area (Å²) < 4.78 is 5.30. The predicted octanol–water partition coefficient (Wildman–Crippen LogP) is 1.32. The van der Waals surface area contributed by atoms with Crippen molar-refractivity contribution in [2.45, 2.75) is 12.8 Å². The Hall–Kier alpha value is -1.84. The van der Waals surface area contributed by atoms with Crippen LogP contribution in [0.5, 0.6) is 5.75 Å². The van der Waals surface area contributed by atoms with Crippen molar-refractivity contribution in [1.82, 2.24) is 0 Å². The lowest BCUT2D eigenvalue weighted by Crippen LogP contribution is -2.12. The quantitative estimate of drug-likeness (QED) is 0.598. The molecule has 0 aliphatic carbocycles. The summed E-state index contributed by atoms with van der Waals surface area (Å²) in [5, 5.41) is 2.64. The minimum absolute atomic E-state index is 0.270. The highest BCUT2D eigenvalue weighted by Gasteiger charge is 2.30. The Balaban J connectivity index is 2.39. The maximum Gasteiger partial charge on any atom is 0.239 e. The highest BCUT2D eigenvalue weighted by atomic mass is 16.5. The van der Waals surface area contributed by atoms with Crippen LogP contribution in [0.15, 0.2) is 18.2 Å². The molecule has 4 heteroatoms. The molecular weight excluding hydrogens is 194 g/mol. The highest BCUT2D eigenvalue weighted by molar-refractivity contribution is 6.11. The summed E-state index contributed by atoms with van der Waals surface area (Å²) in [5.74, 6) is -0.284. The van der Waals surface area contributed by atoms with Crippen LogP contribution in [0.2, 0.25) is 0 Å². The van der Waals surface area contributed by atoms with Gasteiger partial charge in [-0.1, -0.05) is 0 Å². The summed E-state index contributed by atoms with van der Waals surface area (Å²) in [6.45, 7) is 2.44.